The molecule has 10 heteroatoms. The fourth-order valence-corrected chi connectivity index (χ4v) is 8.74. The zero-order valence-electron chi connectivity index (χ0n) is 29.9. The summed E-state index contributed by atoms with van der Waals surface area (Å²) < 4.78 is 64.4. The van der Waals surface area contributed by atoms with E-state index in [0.717, 1.165) is 22.3 Å². The Morgan fingerprint density at radius 3 is 1.18 bits per heavy atom. The molecular formula is C39H46O10. The predicted octanol–water partition coefficient (Wildman–Crippen LogP) is 6.66. The zero-order valence-corrected chi connectivity index (χ0v) is 29.9. The van der Waals surface area contributed by atoms with Crippen LogP contribution in [-0.2, 0) is 52.8 Å². The third-order valence-corrected chi connectivity index (χ3v) is 10.1. The highest BCUT2D eigenvalue weighted by atomic mass is 16.6. The molecule has 0 radical (unpaired) electrons. The number of methoxy groups -OCH3 is 8. The van der Waals surface area contributed by atoms with Gasteiger partial charge in [0, 0.05) is 39.6 Å². The maximum absolute atomic E-state index is 7.04. The molecular weight excluding hydrogens is 628 g/mol. The standard InChI is InChI=1S/C39H46O10/c1-13-48-29-23(3)33(42-7)38(46-11,35(44-9)31(29)40-5)37(27-21-17-15-19-25(27)26-20-16-18-22-28(26)37)39(47-12)34(43-8)24(4)30(49-14-2)32(41-6)36(39)45-10/h13-22,33-34H,1-2H2,3-12H3. The second-order valence-corrected chi connectivity index (χ2v) is 11.7. The van der Waals surface area contributed by atoms with Gasteiger partial charge in [0.1, 0.15) is 17.6 Å². The van der Waals surface area contributed by atoms with E-state index in [-0.39, 0.29) is 23.0 Å². The first kappa shape index (κ1) is 35.8. The van der Waals surface area contributed by atoms with Gasteiger partial charge in [-0.1, -0.05) is 61.7 Å². The molecule has 0 N–H and O–H groups in total. The van der Waals surface area contributed by atoms with E-state index in [1.54, 1.807) is 56.9 Å². The summed E-state index contributed by atoms with van der Waals surface area (Å²) in [6, 6.07) is 16.2. The minimum absolute atomic E-state index is 0.272. The molecule has 4 atom stereocenters. The van der Waals surface area contributed by atoms with Crippen LogP contribution < -0.4 is 0 Å². The van der Waals surface area contributed by atoms with Crippen LogP contribution in [0.2, 0.25) is 0 Å². The molecule has 0 aromatic heterocycles. The van der Waals surface area contributed by atoms with Crippen LogP contribution in [0.3, 0.4) is 0 Å². The molecule has 3 aliphatic carbocycles. The fraction of sp³-hybridized carbons (Fsp3) is 0.385. The summed E-state index contributed by atoms with van der Waals surface area (Å²) in [5.41, 5.74) is 0.0397. The van der Waals surface area contributed by atoms with Crippen molar-refractivity contribution in [2.75, 3.05) is 56.9 Å². The Morgan fingerprint density at radius 1 is 0.531 bits per heavy atom. The van der Waals surface area contributed by atoms with Crippen LogP contribution in [0.25, 0.3) is 11.1 Å². The number of benzene rings is 2. The molecule has 0 fully saturated rings. The smallest absolute Gasteiger partial charge is 0.202 e. The summed E-state index contributed by atoms with van der Waals surface area (Å²) >= 11 is 0. The van der Waals surface area contributed by atoms with Crippen molar-refractivity contribution >= 4 is 0 Å². The fourth-order valence-electron chi connectivity index (χ4n) is 8.74. The number of ether oxygens (including phenoxy) is 10. The lowest BCUT2D eigenvalue weighted by Crippen LogP contribution is -2.77. The molecule has 2 aromatic rings. The van der Waals surface area contributed by atoms with Crippen molar-refractivity contribution in [3.8, 4) is 11.1 Å². The van der Waals surface area contributed by atoms with Crippen molar-refractivity contribution < 1.29 is 47.4 Å². The Kier molecular flexibility index (Phi) is 10.1. The lowest BCUT2D eigenvalue weighted by molar-refractivity contribution is -0.225. The number of fused-ring (bicyclic) bond motifs is 3. The molecule has 4 unspecified atom stereocenters. The van der Waals surface area contributed by atoms with Crippen LogP contribution in [0.15, 0.2) is 120 Å². The highest BCUT2D eigenvalue weighted by molar-refractivity contribution is 5.85. The van der Waals surface area contributed by atoms with Gasteiger partial charge in [0.25, 0.3) is 0 Å². The van der Waals surface area contributed by atoms with Crippen molar-refractivity contribution in [1.82, 2.24) is 0 Å². The highest BCUT2D eigenvalue weighted by Crippen LogP contribution is 2.69. The van der Waals surface area contributed by atoms with E-state index < -0.39 is 28.8 Å². The first-order valence-corrected chi connectivity index (χ1v) is 15.7. The lowest BCUT2D eigenvalue weighted by Gasteiger charge is -2.62. The quantitative estimate of drug-likeness (QED) is 0.203. The summed E-state index contributed by atoms with van der Waals surface area (Å²) in [5.74, 6) is 1.86. The predicted molar refractivity (Wildman–Crippen MR) is 184 cm³/mol. The molecule has 0 spiro atoms. The second kappa shape index (κ2) is 13.8. The Bertz CT molecular complexity index is 1620. The van der Waals surface area contributed by atoms with Crippen molar-refractivity contribution in [3.05, 3.63) is 131 Å². The SMILES string of the molecule is C=COC1=C(C)C(OC)C(OC)(C2(C3(OC)C(OC)=C(OC)C(OC=C)=C(C)C3OC)c3ccccc3-c3ccccc32)C(OC)=C1OC. The van der Waals surface area contributed by atoms with E-state index >= 15 is 0 Å². The van der Waals surface area contributed by atoms with Crippen molar-refractivity contribution in [1.29, 1.82) is 0 Å². The van der Waals surface area contributed by atoms with Crippen molar-refractivity contribution in [3.63, 3.8) is 0 Å². The van der Waals surface area contributed by atoms with Gasteiger partial charge in [-0.25, -0.2) is 0 Å². The van der Waals surface area contributed by atoms with Crippen LogP contribution in [0.1, 0.15) is 25.0 Å². The molecule has 10 nitrogen and oxygen atoms in total. The Labute approximate surface area is 288 Å². The molecule has 49 heavy (non-hydrogen) atoms. The summed E-state index contributed by atoms with van der Waals surface area (Å²) in [6.45, 7) is 11.4. The Morgan fingerprint density at radius 2 is 0.898 bits per heavy atom. The van der Waals surface area contributed by atoms with Gasteiger partial charge in [-0.15, -0.1) is 0 Å². The Balaban J connectivity index is 2.18. The Hall–Kier alpha value is -4.48. The zero-order chi connectivity index (χ0) is 35.7. The summed E-state index contributed by atoms with van der Waals surface area (Å²) in [6.07, 6.45) is 0.866. The summed E-state index contributed by atoms with van der Waals surface area (Å²) in [4.78, 5) is 0. The molecule has 3 aliphatic rings. The van der Waals surface area contributed by atoms with Crippen LogP contribution >= 0.6 is 0 Å². The second-order valence-electron chi connectivity index (χ2n) is 11.7. The maximum Gasteiger partial charge on any atom is 0.202 e. The molecule has 5 rings (SSSR count). The minimum Gasteiger partial charge on any atom is -0.494 e. The van der Waals surface area contributed by atoms with E-state index in [1.165, 1.54) is 12.5 Å². The largest absolute Gasteiger partial charge is 0.494 e. The van der Waals surface area contributed by atoms with Gasteiger partial charge in [-0.2, -0.15) is 0 Å². The average Bonchev–Trinajstić information content (AvgIpc) is 3.44. The molecule has 0 aliphatic heterocycles. The van der Waals surface area contributed by atoms with Crippen molar-refractivity contribution in [2.24, 2.45) is 0 Å². The highest BCUT2D eigenvalue weighted by Gasteiger charge is 2.80. The summed E-state index contributed by atoms with van der Waals surface area (Å²) in [7, 11) is 12.7. The van der Waals surface area contributed by atoms with Crippen LogP contribution in [-0.4, -0.2) is 80.3 Å². The summed E-state index contributed by atoms with van der Waals surface area (Å²) in [5, 5.41) is 0. The molecule has 0 saturated carbocycles. The molecule has 262 valence electrons. The first-order chi connectivity index (χ1) is 23.7. The number of hydrogen-bond acceptors (Lipinski definition) is 10. The normalized spacial score (nSPS) is 25.8. The minimum atomic E-state index is -1.64. The van der Waals surface area contributed by atoms with Gasteiger partial charge < -0.3 is 47.4 Å². The number of hydrogen-bond donors (Lipinski definition) is 0. The van der Waals surface area contributed by atoms with E-state index in [2.05, 4.69) is 37.4 Å². The molecule has 0 saturated heterocycles. The average molecular weight is 675 g/mol. The molecule has 0 bridgehead atoms. The van der Waals surface area contributed by atoms with Gasteiger partial charge >= 0.3 is 0 Å². The van der Waals surface area contributed by atoms with Gasteiger partial charge in [0.2, 0.25) is 11.5 Å². The monoisotopic (exact) mass is 674 g/mol. The van der Waals surface area contributed by atoms with Gasteiger partial charge in [0.05, 0.1) is 41.0 Å². The van der Waals surface area contributed by atoms with Crippen LogP contribution in [0.5, 0.6) is 0 Å². The van der Waals surface area contributed by atoms with Gasteiger partial charge in [-0.3, -0.25) is 0 Å². The lowest BCUT2D eigenvalue weighted by atomic mass is 9.49. The maximum atomic E-state index is 7.04. The molecule has 2 aromatic carbocycles. The first-order valence-electron chi connectivity index (χ1n) is 15.7. The van der Waals surface area contributed by atoms with Crippen molar-refractivity contribution in [2.45, 2.75) is 42.7 Å². The van der Waals surface area contributed by atoms with E-state index in [0.29, 0.717) is 22.7 Å². The molecule has 0 amide bonds. The third-order valence-electron chi connectivity index (χ3n) is 10.1. The van der Waals surface area contributed by atoms with E-state index in [1.807, 2.05) is 38.1 Å². The third kappa shape index (κ3) is 4.34. The van der Waals surface area contributed by atoms with Gasteiger partial charge in [-0.05, 0) is 36.1 Å². The van der Waals surface area contributed by atoms with Crippen LogP contribution in [0, 0.1) is 0 Å². The van der Waals surface area contributed by atoms with E-state index in [9.17, 15) is 0 Å². The molecule has 0 heterocycles. The van der Waals surface area contributed by atoms with Gasteiger partial charge in [0.15, 0.2) is 34.2 Å². The van der Waals surface area contributed by atoms with Crippen LogP contribution in [0.4, 0.5) is 0 Å². The topological polar surface area (TPSA) is 92.3 Å². The number of rotatable bonds is 14. The van der Waals surface area contributed by atoms with E-state index in [4.69, 9.17) is 47.4 Å².